The average Bonchev–Trinajstić information content (AvgIpc) is 2.95. The highest BCUT2D eigenvalue weighted by Gasteiger charge is 2.27. The Morgan fingerprint density at radius 1 is 1.21 bits per heavy atom. The largest absolute Gasteiger partial charge is 0.352 e. The SMILES string of the molecule is CCN(CC(=O)NC(C)C)C(=O)c1cc(C(C)C)nc2c1c(C)nn2C(C)(C)C. The number of aromatic nitrogens is 3. The van der Waals surface area contributed by atoms with Crippen LogP contribution < -0.4 is 5.32 Å². The lowest BCUT2D eigenvalue weighted by atomic mass is 10.0. The van der Waals surface area contributed by atoms with E-state index in [4.69, 9.17) is 10.1 Å². The lowest BCUT2D eigenvalue weighted by Gasteiger charge is -2.23. The zero-order chi connectivity index (χ0) is 22.1. The fourth-order valence-corrected chi connectivity index (χ4v) is 3.28. The van der Waals surface area contributed by atoms with E-state index in [9.17, 15) is 9.59 Å². The number of hydrogen-bond acceptors (Lipinski definition) is 4. The Bertz CT molecular complexity index is 906. The molecule has 0 saturated heterocycles. The molecule has 0 spiro atoms. The van der Waals surface area contributed by atoms with E-state index >= 15 is 0 Å². The normalized spacial score (nSPS) is 12.1. The number of pyridine rings is 1. The summed E-state index contributed by atoms with van der Waals surface area (Å²) < 4.78 is 1.89. The zero-order valence-corrected chi connectivity index (χ0v) is 19.3. The first-order valence-corrected chi connectivity index (χ1v) is 10.4. The molecule has 2 rings (SSSR count). The summed E-state index contributed by atoms with van der Waals surface area (Å²) in [6, 6.07) is 1.89. The van der Waals surface area contributed by atoms with E-state index in [0.717, 1.165) is 16.8 Å². The molecule has 2 amide bonds. The molecule has 0 aliphatic heterocycles. The van der Waals surface area contributed by atoms with Gasteiger partial charge in [-0.3, -0.25) is 9.59 Å². The Morgan fingerprint density at radius 3 is 2.31 bits per heavy atom. The quantitative estimate of drug-likeness (QED) is 0.802. The van der Waals surface area contributed by atoms with Gasteiger partial charge in [0.25, 0.3) is 5.91 Å². The van der Waals surface area contributed by atoms with Crippen molar-refractivity contribution in [2.75, 3.05) is 13.1 Å². The Balaban J connectivity index is 2.62. The van der Waals surface area contributed by atoms with Gasteiger partial charge in [-0.2, -0.15) is 5.10 Å². The summed E-state index contributed by atoms with van der Waals surface area (Å²) in [5.41, 5.74) is 2.62. The molecular weight excluding hydrogens is 366 g/mol. The molecule has 2 heterocycles. The molecule has 2 aromatic rings. The third kappa shape index (κ3) is 4.95. The minimum absolute atomic E-state index is 0.0286. The van der Waals surface area contributed by atoms with Crippen molar-refractivity contribution < 1.29 is 9.59 Å². The van der Waals surface area contributed by atoms with Crippen LogP contribution in [0.3, 0.4) is 0 Å². The molecule has 1 N–H and O–H groups in total. The number of fused-ring (bicyclic) bond motifs is 1. The van der Waals surface area contributed by atoms with E-state index < -0.39 is 0 Å². The minimum atomic E-state index is -0.267. The van der Waals surface area contributed by atoms with Crippen LogP contribution in [0.4, 0.5) is 0 Å². The van der Waals surface area contributed by atoms with Crippen molar-refractivity contribution in [1.29, 1.82) is 0 Å². The van der Waals surface area contributed by atoms with Gasteiger partial charge in [-0.15, -0.1) is 0 Å². The van der Waals surface area contributed by atoms with Gasteiger partial charge in [-0.05, 0) is 60.5 Å². The number of nitrogens with zero attached hydrogens (tertiary/aromatic N) is 4. The van der Waals surface area contributed by atoms with E-state index in [2.05, 4.69) is 39.9 Å². The van der Waals surface area contributed by atoms with Crippen LogP contribution in [0.2, 0.25) is 0 Å². The van der Waals surface area contributed by atoms with Gasteiger partial charge < -0.3 is 10.2 Å². The summed E-state index contributed by atoms with van der Waals surface area (Å²) in [7, 11) is 0. The Kier molecular flexibility index (Phi) is 6.71. The molecule has 0 bridgehead atoms. The van der Waals surface area contributed by atoms with Crippen LogP contribution in [0.25, 0.3) is 11.0 Å². The Hall–Kier alpha value is -2.44. The number of likely N-dealkylation sites (N-methyl/N-ethyl adjacent to an activating group) is 1. The summed E-state index contributed by atoms with van der Waals surface area (Å²) in [5, 5.41) is 8.31. The average molecular weight is 402 g/mol. The monoisotopic (exact) mass is 401 g/mol. The third-order valence-corrected chi connectivity index (χ3v) is 4.74. The van der Waals surface area contributed by atoms with Crippen molar-refractivity contribution in [1.82, 2.24) is 25.0 Å². The van der Waals surface area contributed by atoms with E-state index in [1.54, 1.807) is 4.90 Å². The summed E-state index contributed by atoms with van der Waals surface area (Å²) in [4.78, 5) is 32.2. The standard InChI is InChI=1S/C22H35N5O2/c1-10-26(12-18(28)23-14(4)5)21(29)16-11-17(13(2)3)24-20-19(16)15(6)25-27(20)22(7,8)9/h11,13-14H,10,12H2,1-9H3,(H,23,28). The second kappa shape index (κ2) is 8.51. The van der Waals surface area contributed by atoms with Gasteiger partial charge >= 0.3 is 0 Å². The van der Waals surface area contributed by atoms with Gasteiger partial charge in [0.15, 0.2) is 5.65 Å². The van der Waals surface area contributed by atoms with Crippen LogP contribution in [0.5, 0.6) is 0 Å². The molecule has 160 valence electrons. The molecule has 0 atom stereocenters. The van der Waals surface area contributed by atoms with Crippen LogP contribution in [0, 0.1) is 6.92 Å². The molecule has 7 heteroatoms. The summed E-state index contributed by atoms with van der Waals surface area (Å²) in [6.45, 7) is 18.4. The number of carbonyl (C=O) groups is 2. The first-order valence-electron chi connectivity index (χ1n) is 10.4. The van der Waals surface area contributed by atoms with Crippen LogP contribution in [0.15, 0.2) is 6.07 Å². The second-order valence-corrected chi connectivity index (χ2v) is 9.16. The van der Waals surface area contributed by atoms with E-state index in [1.807, 2.05) is 38.4 Å². The van der Waals surface area contributed by atoms with Crippen LogP contribution in [-0.2, 0) is 10.3 Å². The van der Waals surface area contributed by atoms with Crippen molar-refractivity contribution in [3.05, 3.63) is 23.0 Å². The van der Waals surface area contributed by atoms with Crippen molar-refractivity contribution in [3.8, 4) is 0 Å². The van der Waals surface area contributed by atoms with Gasteiger partial charge in [-0.1, -0.05) is 13.8 Å². The molecule has 0 saturated carbocycles. The highest BCUT2D eigenvalue weighted by atomic mass is 16.2. The smallest absolute Gasteiger partial charge is 0.255 e. The number of aryl methyl sites for hydroxylation is 1. The Labute approximate surface area is 173 Å². The molecule has 0 aliphatic rings. The van der Waals surface area contributed by atoms with Crippen molar-refractivity contribution in [2.45, 2.75) is 79.8 Å². The molecule has 0 unspecified atom stereocenters. The third-order valence-electron chi connectivity index (χ3n) is 4.74. The van der Waals surface area contributed by atoms with Crippen LogP contribution in [-0.4, -0.2) is 50.6 Å². The predicted octanol–water partition coefficient (Wildman–Crippen LogP) is 3.60. The molecule has 7 nitrogen and oxygen atoms in total. The lowest BCUT2D eigenvalue weighted by Crippen LogP contribution is -2.42. The van der Waals surface area contributed by atoms with Crippen molar-refractivity contribution >= 4 is 22.8 Å². The van der Waals surface area contributed by atoms with Crippen molar-refractivity contribution in [2.24, 2.45) is 0 Å². The van der Waals surface area contributed by atoms with Crippen LogP contribution >= 0.6 is 0 Å². The number of amides is 2. The zero-order valence-electron chi connectivity index (χ0n) is 19.3. The molecule has 29 heavy (non-hydrogen) atoms. The molecule has 0 radical (unpaired) electrons. The number of rotatable bonds is 6. The first kappa shape index (κ1) is 22.8. The Morgan fingerprint density at radius 2 is 1.83 bits per heavy atom. The minimum Gasteiger partial charge on any atom is -0.352 e. The maximum atomic E-state index is 13.5. The van der Waals surface area contributed by atoms with Crippen LogP contribution in [0.1, 0.15) is 83.1 Å². The summed E-state index contributed by atoms with van der Waals surface area (Å²) in [5.74, 6) is -0.169. The van der Waals surface area contributed by atoms with E-state index in [0.29, 0.717) is 17.8 Å². The molecule has 0 fully saturated rings. The van der Waals surface area contributed by atoms with E-state index in [1.165, 1.54) is 0 Å². The lowest BCUT2D eigenvalue weighted by molar-refractivity contribution is -0.122. The van der Waals surface area contributed by atoms with Gasteiger partial charge in [0.05, 0.1) is 28.7 Å². The number of hydrogen-bond donors (Lipinski definition) is 1. The molecular formula is C22H35N5O2. The topological polar surface area (TPSA) is 80.1 Å². The fraction of sp³-hybridized carbons (Fsp3) is 0.636. The van der Waals surface area contributed by atoms with Gasteiger partial charge in [-0.25, -0.2) is 9.67 Å². The highest BCUT2D eigenvalue weighted by molar-refractivity contribution is 6.07. The summed E-state index contributed by atoms with van der Waals surface area (Å²) in [6.07, 6.45) is 0. The molecule has 0 aliphatic carbocycles. The first-order chi connectivity index (χ1) is 13.4. The van der Waals surface area contributed by atoms with Gasteiger partial charge in [0.2, 0.25) is 5.91 Å². The van der Waals surface area contributed by atoms with Gasteiger partial charge in [0, 0.05) is 18.3 Å². The summed E-state index contributed by atoms with van der Waals surface area (Å²) >= 11 is 0. The maximum absolute atomic E-state index is 13.5. The van der Waals surface area contributed by atoms with Gasteiger partial charge in [0.1, 0.15) is 0 Å². The fourth-order valence-electron chi connectivity index (χ4n) is 3.28. The molecule has 0 aromatic carbocycles. The predicted molar refractivity (Wildman–Crippen MR) is 116 cm³/mol. The van der Waals surface area contributed by atoms with Crippen molar-refractivity contribution in [3.63, 3.8) is 0 Å². The molecule has 2 aromatic heterocycles. The maximum Gasteiger partial charge on any atom is 0.255 e. The highest BCUT2D eigenvalue weighted by Crippen LogP contribution is 2.29. The number of carbonyl (C=O) groups excluding carboxylic acids is 2. The second-order valence-electron chi connectivity index (χ2n) is 9.16. The van der Waals surface area contributed by atoms with E-state index in [-0.39, 0.29) is 35.9 Å². The number of nitrogens with one attached hydrogen (secondary N) is 1.